The van der Waals surface area contributed by atoms with Gasteiger partial charge in [-0.05, 0) is 18.2 Å². The number of nitrogens with zero attached hydrogens (tertiary/aromatic N) is 1. The molecule has 0 spiro atoms. The van der Waals surface area contributed by atoms with Gasteiger partial charge in [-0.3, -0.25) is 0 Å². The van der Waals surface area contributed by atoms with Gasteiger partial charge in [-0.15, -0.1) is 0 Å². The molecule has 0 aliphatic heterocycles. The second kappa shape index (κ2) is 3.23. The van der Waals surface area contributed by atoms with Crippen molar-refractivity contribution in [3.05, 3.63) is 18.2 Å². The summed E-state index contributed by atoms with van der Waals surface area (Å²) in [6.45, 7) is 1.54. The van der Waals surface area contributed by atoms with Crippen molar-refractivity contribution in [1.29, 1.82) is 0 Å². The number of benzene rings is 1. The number of sulfone groups is 1. The number of hydrogen-bond donors (Lipinski definition) is 1. The number of nitrogens with two attached hydrogens (primary N) is 1. The first-order valence-electron chi connectivity index (χ1n) is 4.42. The first kappa shape index (κ1) is 9.97. The van der Waals surface area contributed by atoms with Crippen molar-refractivity contribution in [2.24, 2.45) is 0 Å². The Morgan fingerprint density at radius 3 is 2.87 bits per heavy atom. The first-order chi connectivity index (χ1) is 7.03. The van der Waals surface area contributed by atoms with E-state index in [1.54, 1.807) is 25.1 Å². The maximum atomic E-state index is 11.5. The normalized spacial score (nSPS) is 12.1. The average Bonchev–Trinajstić information content (AvgIpc) is 2.61. The zero-order chi connectivity index (χ0) is 11.1. The molecule has 0 radical (unpaired) electrons. The Labute approximate surface area is 86.8 Å². The molecule has 0 atom stereocenters. The highest BCUT2D eigenvalue weighted by Crippen LogP contribution is 2.21. The number of oxazole rings is 1. The highest BCUT2D eigenvalue weighted by Gasteiger charge is 2.19. The van der Waals surface area contributed by atoms with Crippen LogP contribution < -0.4 is 5.73 Å². The van der Waals surface area contributed by atoms with E-state index in [4.69, 9.17) is 10.2 Å². The maximum Gasteiger partial charge on any atom is 0.316 e. The van der Waals surface area contributed by atoms with Crippen LogP contribution in [0, 0.1) is 0 Å². The van der Waals surface area contributed by atoms with Crippen LogP contribution in [-0.4, -0.2) is 19.2 Å². The fraction of sp³-hybridized carbons (Fsp3) is 0.222. The van der Waals surface area contributed by atoms with Crippen LogP contribution >= 0.6 is 0 Å². The Kier molecular flexibility index (Phi) is 2.15. The number of rotatable bonds is 2. The summed E-state index contributed by atoms with van der Waals surface area (Å²) < 4.78 is 28.1. The minimum atomic E-state index is -3.39. The van der Waals surface area contributed by atoms with Crippen LogP contribution in [0.15, 0.2) is 27.8 Å². The van der Waals surface area contributed by atoms with E-state index in [-0.39, 0.29) is 11.0 Å². The molecule has 1 heterocycles. The van der Waals surface area contributed by atoms with Crippen LogP contribution in [-0.2, 0) is 9.84 Å². The number of nitrogen functional groups attached to an aromatic ring is 1. The molecule has 6 heteroatoms. The van der Waals surface area contributed by atoms with Crippen LogP contribution in [0.25, 0.3) is 11.1 Å². The Bertz CT molecular complexity index is 601. The summed E-state index contributed by atoms with van der Waals surface area (Å²) in [4.78, 5) is 3.88. The number of hydrogen-bond acceptors (Lipinski definition) is 5. The average molecular weight is 226 g/mol. The minimum Gasteiger partial charge on any atom is -0.428 e. The van der Waals surface area contributed by atoms with E-state index < -0.39 is 9.84 Å². The smallest absolute Gasteiger partial charge is 0.316 e. The quantitative estimate of drug-likeness (QED) is 0.777. The van der Waals surface area contributed by atoms with E-state index in [0.29, 0.717) is 16.8 Å². The van der Waals surface area contributed by atoms with E-state index in [0.717, 1.165) is 0 Å². The molecule has 0 saturated carbocycles. The monoisotopic (exact) mass is 226 g/mol. The van der Waals surface area contributed by atoms with Crippen molar-refractivity contribution in [2.45, 2.75) is 12.1 Å². The number of fused-ring (bicyclic) bond motifs is 1. The van der Waals surface area contributed by atoms with E-state index in [1.807, 2.05) is 0 Å². The third-order valence-corrected chi connectivity index (χ3v) is 3.50. The molecule has 80 valence electrons. The maximum absolute atomic E-state index is 11.5. The lowest BCUT2D eigenvalue weighted by atomic mass is 10.3. The fourth-order valence-electron chi connectivity index (χ4n) is 1.18. The van der Waals surface area contributed by atoms with Gasteiger partial charge in [-0.2, -0.15) is 4.98 Å². The molecule has 0 aliphatic rings. The van der Waals surface area contributed by atoms with Crippen LogP contribution in [0.5, 0.6) is 0 Å². The van der Waals surface area contributed by atoms with E-state index in [2.05, 4.69) is 4.98 Å². The zero-order valence-corrected chi connectivity index (χ0v) is 8.91. The summed E-state index contributed by atoms with van der Waals surface area (Å²) in [5, 5.41) is -0.245. The summed E-state index contributed by atoms with van der Waals surface area (Å²) in [6.07, 6.45) is 0. The van der Waals surface area contributed by atoms with Gasteiger partial charge < -0.3 is 10.2 Å². The van der Waals surface area contributed by atoms with Crippen molar-refractivity contribution >= 4 is 26.6 Å². The Hall–Kier alpha value is -1.56. The van der Waals surface area contributed by atoms with Crippen molar-refractivity contribution < 1.29 is 12.8 Å². The van der Waals surface area contributed by atoms with Crippen molar-refractivity contribution in [3.8, 4) is 0 Å². The standard InChI is InChI=1S/C9H10N2O3S/c1-2-15(12,13)9-11-7-5-6(10)3-4-8(7)14-9/h3-5H,2,10H2,1H3. The van der Waals surface area contributed by atoms with Gasteiger partial charge in [-0.1, -0.05) is 6.92 Å². The summed E-state index contributed by atoms with van der Waals surface area (Å²) >= 11 is 0. The molecule has 5 nitrogen and oxygen atoms in total. The lowest BCUT2D eigenvalue weighted by Gasteiger charge is -1.90. The molecule has 0 aliphatic carbocycles. The number of aromatic nitrogens is 1. The molecule has 0 amide bonds. The van der Waals surface area contributed by atoms with Crippen molar-refractivity contribution in [1.82, 2.24) is 4.98 Å². The lowest BCUT2D eigenvalue weighted by Crippen LogP contribution is -2.03. The molecule has 2 aromatic rings. The molecule has 15 heavy (non-hydrogen) atoms. The molecular weight excluding hydrogens is 216 g/mol. The molecule has 1 aromatic carbocycles. The van der Waals surface area contributed by atoms with Gasteiger partial charge >= 0.3 is 5.22 Å². The van der Waals surface area contributed by atoms with Gasteiger partial charge in [0, 0.05) is 5.69 Å². The first-order valence-corrected chi connectivity index (χ1v) is 6.07. The second-order valence-electron chi connectivity index (χ2n) is 3.11. The Morgan fingerprint density at radius 2 is 2.20 bits per heavy atom. The van der Waals surface area contributed by atoms with Gasteiger partial charge in [0.2, 0.25) is 9.84 Å². The van der Waals surface area contributed by atoms with E-state index >= 15 is 0 Å². The SMILES string of the molecule is CCS(=O)(=O)c1nc2cc(N)ccc2o1. The Morgan fingerprint density at radius 1 is 1.47 bits per heavy atom. The molecule has 0 fully saturated rings. The molecular formula is C9H10N2O3S. The molecule has 0 bridgehead atoms. The summed E-state index contributed by atoms with van der Waals surface area (Å²) in [5.74, 6) is -0.0324. The van der Waals surface area contributed by atoms with Gasteiger partial charge in [0.05, 0.1) is 5.75 Å². The third kappa shape index (κ3) is 1.68. The van der Waals surface area contributed by atoms with E-state index in [1.165, 1.54) is 0 Å². The van der Waals surface area contributed by atoms with Gasteiger partial charge in [-0.25, -0.2) is 8.42 Å². The molecule has 2 rings (SSSR count). The highest BCUT2D eigenvalue weighted by atomic mass is 32.2. The van der Waals surface area contributed by atoms with Gasteiger partial charge in [0.25, 0.3) is 0 Å². The van der Waals surface area contributed by atoms with Crippen molar-refractivity contribution in [2.75, 3.05) is 11.5 Å². The van der Waals surface area contributed by atoms with Crippen LogP contribution in [0.3, 0.4) is 0 Å². The second-order valence-corrected chi connectivity index (χ2v) is 5.27. The lowest BCUT2D eigenvalue weighted by molar-refractivity contribution is 0.459. The van der Waals surface area contributed by atoms with Gasteiger partial charge in [0.15, 0.2) is 5.58 Å². The molecule has 0 unspecified atom stereocenters. The number of anilines is 1. The molecule has 2 N–H and O–H groups in total. The summed E-state index contributed by atoms with van der Waals surface area (Å²) in [6, 6.07) is 4.82. The predicted molar refractivity (Wildman–Crippen MR) is 56.1 cm³/mol. The summed E-state index contributed by atoms with van der Waals surface area (Å²) in [5.41, 5.74) is 6.96. The van der Waals surface area contributed by atoms with Crippen molar-refractivity contribution in [3.63, 3.8) is 0 Å². The Balaban J connectivity index is 2.67. The fourth-order valence-corrected chi connectivity index (χ4v) is 1.88. The van der Waals surface area contributed by atoms with Crippen LogP contribution in [0.1, 0.15) is 6.92 Å². The third-order valence-electron chi connectivity index (χ3n) is 2.04. The van der Waals surface area contributed by atoms with E-state index in [9.17, 15) is 8.42 Å². The van der Waals surface area contributed by atoms with Gasteiger partial charge in [0.1, 0.15) is 5.52 Å². The highest BCUT2D eigenvalue weighted by molar-refractivity contribution is 7.91. The summed E-state index contributed by atoms with van der Waals surface area (Å²) in [7, 11) is -3.39. The predicted octanol–water partition coefficient (Wildman–Crippen LogP) is 1.20. The van der Waals surface area contributed by atoms with Crippen LogP contribution in [0.2, 0.25) is 0 Å². The molecule has 1 aromatic heterocycles. The zero-order valence-electron chi connectivity index (χ0n) is 8.10. The largest absolute Gasteiger partial charge is 0.428 e. The minimum absolute atomic E-state index is 0.0324. The topological polar surface area (TPSA) is 86.2 Å². The van der Waals surface area contributed by atoms with Crippen LogP contribution in [0.4, 0.5) is 5.69 Å². The molecule has 0 saturated heterocycles.